The zero-order valence-corrected chi connectivity index (χ0v) is 6.98. The van der Waals surface area contributed by atoms with E-state index >= 15 is 0 Å². The van der Waals surface area contributed by atoms with Crippen molar-refractivity contribution in [2.45, 2.75) is 19.9 Å². The van der Waals surface area contributed by atoms with Gasteiger partial charge in [0, 0.05) is 6.04 Å². The van der Waals surface area contributed by atoms with Crippen LogP contribution in [0.5, 0.6) is 0 Å². The third kappa shape index (κ3) is 3.81. The number of hydrogen-bond donors (Lipinski definition) is 2. The molecule has 0 aromatic rings. The molecule has 0 aromatic heterocycles. The highest BCUT2D eigenvalue weighted by Gasteiger charge is 2.09. The number of aliphatic hydroxyl groups is 1. The lowest BCUT2D eigenvalue weighted by Crippen LogP contribution is -2.35. The first-order valence-electron chi connectivity index (χ1n) is 3.12. The number of aliphatic hydroxyl groups excluding tert-OH is 1. The molecule has 0 bridgehead atoms. The van der Waals surface area contributed by atoms with Crippen LogP contribution in [-0.2, 0) is 10.0 Å². The largest absolute Gasteiger partial charge is 0.395 e. The lowest BCUT2D eigenvalue weighted by Gasteiger charge is -2.08. The predicted octanol–water partition coefficient (Wildman–Crippen LogP) is -0.694. The van der Waals surface area contributed by atoms with E-state index in [0.717, 1.165) is 0 Å². The molecule has 2 N–H and O–H groups in total. The maximum Gasteiger partial charge on any atom is 0.211 e. The van der Waals surface area contributed by atoms with E-state index in [0.29, 0.717) is 0 Å². The van der Waals surface area contributed by atoms with Crippen molar-refractivity contribution in [3.8, 4) is 0 Å². The van der Waals surface area contributed by atoms with E-state index in [2.05, 4.69) is 4.72 Å². The Bertz CT molecular complexity index is 175. The molecule has 0 aromatic carbocycles. The van der Waals surface area contributed by atoms with Gasteiger partial charge in [0.1, 0.15) is 0 Å². The molecular weight excluding hydrogens is 154 g/mol. The Morgan fingerprint density at radius 2 is 2.10 bits per heavy atom. The van der Waals surface area contributed by atoms with E-state index in [1.165, 1.54) is 0 Å². The van der Waals surface area contributed by atoms with E-state index in [9.17, 15) is 8.42 Å². The van der Waals surface area contributed by atoms with Gasteiger partial charge in [-0.25, -0.2) is 13.1 Å². The second-order valence-corrected chi connectivity index (χ2v) is 4.15. The van der Waals surface area contributed by atoms with Crippen LogP contribution >= 0.6 is 0 Å². The highest BCUT2D eigenvalue weighted by molar-refractivity contribution is 7.89. The number of sulfonamides is 1. The third-order valence-corrected chi connectivity index (χ3v) is 2.56. The maximum absolute atomic E-state index is 10.7. The monoisotopic (exact) mass is 167 g/mol. The van der Waals surface area contributed by atoms with Crippen LogP contribution in [0.1, 0.15) is 13.8 Å². The van der Waals surface area contributed by atoms with Gasteiger partial charge in [-0.3, -0.25) is 0 Å². The van der Waals surface area contributed by atoms with Crippen LogP contribution < -0.4 is 4.72 Å². The standard InChI is InChI=1S/C5H13NO3S/c1-3-10(8,9)6-5(2)4-7/h5-7H,3-4H2,1-2H3/t5-/m0/s1. The first kappa shape index (κ1) is 9.87. The minimum absolute atomic E-state index is 0.0529. The summed E-state index contributed by atoms with van der Waals surface area (Å²) < 4.78 is 23.8. The molecule has 62 valence electrons. The molecule has 0 amide bonds. The lowest BCUT2D eigenvalue weighted by molar-refractivity contribution is 0.265. The number of nitrogens with one attached hydrogen (secondary N) is 1. The fourth-order valence-corrected chi connectivity index (χ4v) is 1.28. The van der Waals surface area contributed by atoms with Crippen LogP contribution in [0.3, 0.4) is 0 Å². The van der Waals surface area contributed by atoms with Gasteiger partial charge in [0.05, 0.1) is 12.4 Å². The van der Waals surface area contributed by atoms with E-state index in [-0.39, 0.29) is 18.4 Å². The normalized spacial score (nSPS) is 15.1. The molecule has 10 heavy (non-hydrogen) atoms. The van der Waals surface area contributed by atoms with Crippen molar-refractivity contribution in [3.63, 3.8) is 0 Å². The highest BCUT2D eigenvalue weighted by atomic mass is 32.2. The Kier molecular flexibility index (Phi) is 3.85. The van der Waals surface area contributed by atoms with Crippen molar-refractivity contribution >= 4 is 10.0 Å². The Morgan fingerprint density at radius 1 is 1.60 bits per heavy atom. The van der Waals surface area contributed by atoms with Gasteiger partial charge >= 0.3 is 0 Å². The molecule has 0 aliphatic carbocycles. The molecule has 0 aliphatic heterocycles. The molecule has 0 aliphatic rings. The minimum atomic E-state index is -3.14. The van der Waals surface area contributed by atoms with Crippen molar-refractivity contribution in [1.29, 1.82) is 0 Å². The number of rotatable bonds is 4. The Labute approximate surface area is 61.3 Å². The molecule has 0 heterocycles. The molecule has 0 rings (SSSR count). The first-order chi connectivity index (χ1) is 4.52. The second kappa shape index (κ2) is 3.90. The van der Waals surface area contributed by atoms with Crippen molar-refractivity contribution < 1.29 is 13.5 Å². The van der Waals surface area contributed by atoms with Crippen LogP contribution in [0, 0.1) is 0 Å². The summed E-state index contributed by atoms with van der Waals surface area (Å²) in [6, 6.07) is -0.384. The summed E-state index contributed by atoms with van der Waals surface area (Å²) in [7, 11) is -3.14. The average molecular weight is 167 g/mol. The topological polar surface area (TPSA) is 66.4 Å². The summed E-state index contributed by atoms with van der Waals surface area (Å²) in [5.41, 5.74) is 0. The van der Waals surface area contributed by atoms with Gasteiger partial charge in [-0.15, -0.1) is 0 Å². The van der Waals surface area contributed by atoms with Gasteiger partial charge in [0.2, 0.25) is 10.0 Å². The SMILES string of the molecule is CCS(=O)(=O)N[C@@H](C)CO. The van der Waals surface area contributed by atoms with E-state index in [1.54, 1.807) is 13.8 Å². The summed E-state index contributed by atoms with van der Waals surface area (Å²) in [5, 5.41) is 8.47. The van der Waals surface area contributed by atoms with Gasteiger partial charge in [0.15, 0.2) is 0 Å². The Morgan fingerprint density at radius 3 is 2.40 bits per heavy atom. The fraction of sp³-hybridized carbons (Fsp3) is 1.00. The highest BCUT2D eigenvalue weighted by Crippen LogP contribution is 1.86. The smallest absolute Gasteiger partial charge is 0.211 e. The van der Waals surface area contributed by atoms with Gasteiger partial charge in [-0.2, -0.15) is 0 Å². The quantitative estimate of drug-likeness (QED) is 0.582. The van der Waals surface area contributed by atoms with Crippen LogP contribution in [0.25, 0.3) is 0 Å². The van der Waals surface area contributed by atoms with Crippen molar-refractivity contribution in [3.05, 3.63) is 0 Å². The fourth-order valence-electron chi connectivity index (χ4n) is 0.427. The summed E-state index contributed by atoms with van der Waals surface area (Å²) >= 11 is 0. The van der Waals surface area contributed by atoms with Crippen LogP contribution in [0.2, 0.25) is 0 Å². The molecule has 0 radical (unpaired) electrons. The Hall–Kier alpha value is -0.130. The van der Waals surface area contributed by atoms with Gasteiger partial charge in [-0.05, 0) is 13.8 Å². The van der Waals surface area contributed by atoms with E-state index < -0.39 is 10.0 Å². The van der Waals surface area contributed by atoms with Crippen molar-refractivity contribution in [2.75, 3.05) is 12.4 Å². The summed E-state index contributed by atoms with van der Waals surface area (Å²) in [5.74, 6) is 0.0529. The van der Waals surface area contributed by atoms with Crippen LogP contribution in [-0.4, -0.2) is 31.9 Å². The van der Waals surface area contributed by atoms with Gasteiger partial charge in [0.25, 0.3) is 0 Å². The maximum atomic E-state index is 10.7. The van der Waals surface area contributed by atoms with E-state index in [1.807, 2.05) is 0 Å². The van der Waals surface area contributed by atoms with Gasteiger partial charge < -0.3 is 5.11 Å². The minimum Gasteiger partial charge on any atom is -0.395 e. The molecule has 0 saturated heterocycles. The van der Waals surface area contributed by atoms with Crippen LogP contribution in [0.4, 0.5) is 0 Å². The second-order valence-electron chi connectivity index (χ2n) is 2.10. The van der Waals surface area contributed by atoms with Crippen LogP contribution in [0.15, 0.2) is 0 Å². The lowest BCUT2D eigenvalue weighted by atomic mass is 10.4. The van der Waals surface area contributed by atoms with Gasteiger partial charge in [-0.1, -0.05) is 0 Å². The number of hydrogen-bond acceptors (Lipinski definition) is 3. The Balaban J connectivity index is 3.90. The predicted molar refractivity (Wildman–Crippen MR) is 39.1 cm³/mol. The molecular formula is C5H13NO3S. The van der Waals surface area contributed by atoms with Crippen molar-refractivity contribution in [1.82, 2.24) is 4.72 Å². The summed E-state index contributed by atoms with van der Waals surface area (Å²) in [4.78, 5) is 0. The first-order valence-corrected chi connectivity index (χ1v) is 4.78. The van der Waals surface area contributed by atoms with Crippen molar-refractivity contribution in [2.24, 2.45) is 0 Å². The zero-order chi connectivity index (χ0) is 8.20. The molecule has 4 nitrogen and oxygen atoms in total. The molecule has 0 spiro atoms. The van der Waals surface area contributed by atoms with E-state index in [4.69, 9.17) is 5.11 Å². The summed E-state index contributed by atoms with van der Waals surface area (Å²) in [6.45, 7) is 2.98. The zero-order valence-electron chi connectivity index (χ0n) is 6.16. The molecule has 5 heteroatoms. The third-order valence-electron chi connectivity index (χ3n) is 1.03. The molecule has 0 fully saturated rings. The average Bonchev–Trinajstić information content (AvgIpc) is 1.87. The molecule has 0 saturated carbocycles. The summed E-state index contributed by atoms with van der Waals surface area (Å²) in [6.07, 6.45) is 0. The molecule has 0 unspecified atom stereocenters. The molecule has 1 atom stereocenters.